The van der Waals surface area contributed by atoms with Crippen LogP contribution in [0.3, 0.4) is 0 Å². The van der Waals surface area contributed by atoms with Crippen LogP contribution < -0.4 is 14.2 Å². The van der Waals surface area contributed by atoms with Crippen molar-refractivity contribution >= 4 is 10.8 Å². The van der Waals surface area contributed by atoms with Crippen LogP contribution in [0.25, 0.3) is 10.8 Å². The second-order valence-electron chi connectivity index (χ2n) is 4.10. The summed E-state index contributed by atoms with van der Waals surface area (Å²) in [6.45, 7) is 7.87. The zero-order chi connectivity index (χ0) is 13.7. The molecule has 0 unspecified atom stereocenters. The zero-order valence-corrected chi connectivity index (χ0v) is 11.7. The predicted molar refractivity (Wildman–Crippen MR) is 77.5 cm³/mol. The minimum atomic E-state index is 0.629. The number of benzene rings is 2. The molecule has 0 aliphatic carbocycles. The Morgan fingerprint density at radius 2 is 1.42 bits per heavy atom. The van der Waals surface area contributed by atoms with Gasteiger partial charge in [-0.1, -0.05) is 6.07 Å². The van der Waals surface area contributed by atoms with E-state index < -0.39 is 0 Å². The number of fused-ring (bicyclic) bond motifs is 1. The molecule has 0 saturated carbocycles. The third-order valence-corrected chi connectivity index (χ3v) is 2.78. The Hall–Kier alpha value is -1.90. The molecule has 0 fully saturated rings. The van der Waals surface area contributed by atoms with E-state index in [4.69, 9.17) is 14.2 Å². The highest BCUT2D eigenvalue weighted by molar-refractivity contribution is 5.91. The van der Waals surface area contributed by atoms with Gasteiger partial charge in [0.05, 0.1) is 19.8 Å². The summed E-state index contributed by atoms with van der Waals surface area (Å²) in [4.78, 5) is 0. The Balaban J connectivity index is 2.51. The van der Waals surface area contributed by atoms with E-state index in [1.165, 1.54) is 0 Å². The third-order valence-electron chi connectivity index (χ3n) is 2.78. The highest BCUT2D eigenvalue weighted by atomic mass is 16.5. The van der Waals surface area contributed by atoms with Crippen molar-refractivity contribution in [1.29, 1.82) is 0 Å². The smallest absolute Gasteiger partial charge is 0.130 e. The first kappa shape index (κ1) is 13.5. The molecule has 0 radical (unpaired) electrons. The molecule has 0 saturated heterocycles. The van der Waals surface area contributed by atoms with Crippen molar-refractivity contribution in [1.82, 2.24) is 0 Å². The Morgan fingerprint density at radius 3 is 2.11 bits per heavy atom. The molecule has 0 aliphatic rings. The summed E-state index contributed by atoms with van der Waals surface area (Å²) in [6.07, 6.45) is 0. The fourth-order valence-corrected chi connectivity index (χ4v) is 2.06. The standard InChI is InChI=1S/C16H20O3/c1-4-17-13-8-7-12-9-14(18-5-2)11-16(19-6-3)15(12)10-13/h7-11H,4-6H2,1-3H3. The maximum Gasteiger partial charge on any atom is 0.130 e. The lowest BCUT2D eigenvalue weighted by atomic mass is 10.1. The first-order valence-electron chi connectivity index (χ1n) is 6.74. The number of hydrogen-bond donors (Lipinski definition) is 0. The molecule has 2 aromatic rings. The van der Waals surface area contributed by atoms with Gasteiger partial charge < -0.3 is 14.2 Å². The van der Waals surface area contributed by atoms with E-state index in [-0.39, 0.29) is 0 Å². The van der Waals surface area contributed by atoms with Crippen molar-refractivity contribution in [3.05, 3.63) is 30.3 Å². The summed E-state index contributed by atoms with van der Waals surface area (Å²) in [5.74, 6) is 2.53. The summed E-state index contributed by atoms with van der Waals surface area (Å²) in [6, 6.07) is 9.98. The van der Waals surface area contributed by atoms with Crippen LogP contribution in [0, 0.1) is 0 Å². The van der Waals surface area contributed by atoms with E-state index >= 15 is 0 Å². The highest BCUT2D eigenvalue weighted by Gasteiger charge is 2.07. The fourth-order valence-electron chi connectivity index (χ4n) is 2.06. The van der Waals surface area contributed by atoms with Gasteiger partial charge in [0.15, 0.2) is 0 Å². The Morgan fingerprint density at radius 1 is 0.737 bits per heavy atom. The van der Waals surface area contributed by atoms with Gasteiger partial charge in [-0.15, -0.1) is 0 Å². The first-order chi connectivity index (χ1) is 9.28. The van der Waals surface area contributed by atoms with Crippen LogP contribution in [0.15, 0.2) is 30.3 Å². The summed E-state index contributed by atoms with van der Waals surface area (Å²) >= 11 is 0. The first-order valence-corrected chi connectivity index (χ1v) is 6.74. The van der Waals surface area contributed by atoms with Crippen molar-refractivity contribution in [2.45, 2.75) is 20.8 Å². The van der Waals surface area contributed by atoms with Gasteiger partial charge in [0.25, 0.3) is 0 Å². The lowest BCUT2D eigenvalue weighted by molar-refractivity contribution is 0.325. The summed E-state index contributed by atoms with van der Waals surface area (Å²) in [5.41, 5.74) is 0. The molecule has 0 N–H and O–H groups in total. The van der Waals surface area contributed by atoms with E-state index in [0.717, 1.165) is 28.0 Å². The third kappa shape index (κ3) is 3.11. The largest absolute Gasteiger partial charge is 0.494 e. The molecule has 102 valence electrons. The van der Waals surface area contributed by atoms with Gasteiger partial charge in [0.1, 0.15) is 17.2 Å². The van der Waals surface area contributed by atoms with E-state index in [9.17, 15) is 0 Å². The number of ether oxygens (including phenoxy) is 3. The van der Waals surface area contributed by atoms with Gasteiger partial charge in [0.2, 0.25) is 0 Å². The molecule has 3 nitrogen and oxygen atoms in total. The van der Waals surface area contributed by atoms with Crippen LogP contribution in [0.5, 0.6) is 17.2 Å². The van der Waals surface area contributed by atoms with Crippen molar-refractivity contribution in [3.8, 4) is 17.2 Å². The van der Waals surface area contributed by atoms with E-state index in [1.807, 2.05) is 51.1 Å². The monoisotopic (exact) mass is 260 g/mol. The lowest BCUT2D eigenvalue weighted by Gasteiger charge is -2.12. The average molecular weight is 260 g/mol. The molecule has 0 aromatic heterocycles. The van der Waals surface area contributed by atoms with E-state index in [0.29, 0.717) is 19.8 Å². The molecular formula is C16H20O3. The molecular weight excluding hydrogens is 240 g/mol. The molecule has 0 aliphatic heterocycles. The minimum absolute atomic E-state index is 0.629. The van der Waals surface area contributed by atoms with Gasteiger partial charge >= 0.3 is 0 Å². The second-order valence-corrected chi connectivity index (χ2v) is 4.10. The van der Waals surface area contributed by atoms with Crippen LogP contribution in [0.4, 0.5) is 0 Å². The van der Waals surface area contributed by atoms with Crippen LogP contribution >= 0.6 is 0 Å². The Bertz CT molecular complexity index is 549. The summed E-state index contributed by atoms with van der Waals surface area (Å²) in [5, 5.41) is 2.15. The van der Waals surface area contributed by atoms with Crippen LogP contribution in [-0.2, 0) is 0 Å². The highest BCUT2D eigenvalue weighted by Crippen LogP contribution is 2.33. The molecule has 2 rings (SSSR count). The quantitative estimate of drug-likeness (QED) is 0.784. The molecule has 0 atom stereocenters. The van der Waals surface area contributed by atoms with Gasteiger partial charge in [-0.2, -0.15) is 0 Å². The summed E-state index contributed by atoms with van der Waals surface area (Å²) < 4.78 is 16.8. The average Bonchev–Trinajstić information content (AvgIpc) is 2.40. The van der Waals surface area contributed by atoms with Crippen molar-refractivity contribution in [2.24, 2.45) is 0 Å². The number of hydrogen-bond acceptors (Lipinski definition) is 3. The SMILES string of the molecule is CCOc1cc(OCC)c2cc(OCC)ccc2c1. The van der Waals surface area contributed by atoms with Gasteiger partial charge in [-0.05, 0) is 44.4 Å². The van der Waals surface area contributed by atoms with Gasteiger partial charge in [0, 0.05) is 11.5 Å². The van der Waals surface area contributed by atoms with E-state index in [2.05, 4.69) is 0 Å². The van der Waals surface area contributed by atoms with Crippen molar-refractivity contribution in [2.75, 3.05) is 19.8 Å². The maximum atomic E-state index is 5.70. The molecule has 0 heterocycles. The molecule has 19 heavy (non-hydrogen) atoms. The van der Waals surface area contributed by atoms with Crippen molar-refractivity contribution < 1.29 is 14.2 Å². The van der Waals surface area contributed by atoms with Crippen LogP contribution in [0.2, 0.25) is 0 Å². The Labute approximate surface area is 114 Å². The van der Waals surface area contributed by atoms with Gasteiger partial charge in [-0.25, -0.2) is 0 Å². The topological polar surface area (TPSA) is 27.7 Å². The molecule has 3 heteroatoms. The predicted octanol–water partition coefficient (Wildman–Crippen LogP) is 4.04. The fraction of sp³-hybridized carbons (Fsp3) is 0.375. The summed E-state index contributed by atoms with van der Waals surface area (Å²) in [7, 11) is 0. The molecule has 0 amide bonds. The lowest BCUT2D eigenvalue weighted by Crippen LogP contribution is -1.97. The number of rotatable bonds is 6. The van der Waals surface area contributed by atoms with Crippen molar-refractivity contribution in [3.63, 3.8) is 0 Å². The molecule has 0 bridgehead atoms. The normalized spacial score (nSPS) is 10.5. The van der Waals surface area contributed by atoms with Gasteiger partial charge in [-0.3, -0.25) is 0 Å². The second kappa shape index (κ2) is 6.32. The van der Waals surface area contributed by atoms with Crippen LogP contribution in [-0.4, -0.2) is 19.8 Å². The zero-order valence-electron chi connectivity index (χ0n) is 11.7. The van der Waals surface area contributed by atoms with Crippen LogP contribution in [0.1, 0.15) is 20.8 Å². The molecule has 0 spiro atoms. The van der Waals surface area contributed by atoms with E-state index in [1.54, 1.807) is 0 Å². The molecule has 2 aromatic carbocycles. The Kier molecular flexibility index (Phi) is 4.50. The minimum Gasteiger partial charge on any atom is -0.494 e. The maximum absolute atomic E-state index is 5.70.